The van der Waals surface area contributed by atoms with E-state index in [9.17, 15) is 18.0 Å². The Morgan fingerprint density at radius 3 is 2.59 bits per heavy atom. The monoisotopic (exact) mass is 397 g/mol. The fourth-order valence-corrected chi connectivity index (χ4v) is 4.47. The molecule has 2 rings (SSSR count). The van der Waals surface area contributed by atoms with Crippen molar-refractivity contribution in [2.45, 2.75) is 12.5 Å². The number of likely N-dealkylation sites (N-methyl/N-ethyl adjacent to an activating group) is 1. The third-order valence-corrected chi connectivity index (χ3v) is 6.07. The molecule has 1 saturated heterocycles. The summed E-state index contributed by atoms with van der Waals surface area (Å²) in [5.74, 6) is 0.0301. The van der Waals surface area contributed by atoms with Crippen LogP contribution in [-0.4, -0.2) is 70.6 Å². The number of amides is 1. The highest BCUT2D eigenvalue weighted by molar-refractivity contribution is 7.91. The van der Waals surface area contributed by atoms with E-state index in [4.69, 9.17) is 14.2 Å². The Bertz CT molecular complexity index is 832. The molecule has 0 saturated carbocycles. The molecule has 148 valence electrons. The minimum atomic E-state index is -3.09. The number of methoxy groups -OCH3 is 2. The van der Waals surface area contributed by atoms with E-state index in [1.165, 1.54) is 38.3 Å². The van der Waals surface area contributed by atoms with Crippen molar-refractivity contribution >= 4 is 27.8 Å². The van der Waals surface area contributed by atoms with Gasteiger partial charge in [0.25, 0.3) is 5.91 Å². The van der Waals surface area contributed by atoms with Crippen LogP contribution in [0.4, 0.5) is 0 Å². The molecule has 8 nitrogen and oxygen atoms in total. The number of carbonyl (C=O) groups excluding carboxylic acids is 2. The summed E-state index contributed by atoms with van der Waals surface area (Å²) in [6.45, 7) is -0.453. The number of ether oxygens (including phenoxy) is 3. The van der Waals surface area contributed by atoms with Crippen LogP contribution < -0.4 is 9.47 Å². The van der Waals surface area contributed by atoms with E-state index in [1.54, 1.807) is 18.2 Å². The molecule has 1 aliphatic heterocycles. The third-order valence-electron chi connectivity index (χ3n) is 4.32. The van der Waals surface area contributed by atoms with Gasteiger partial charge in [-0.1, -0.05) is 0 Å². The van der Waals surface area contributed by atoms with Crippen molar-refractivity contribution in [1.82, 2.24) is 4.90 Å². The summed E-state index contributed by atoms with van der Waals surface area (Å²) in [5, 5.41) is 0. The van der Waals surface area contributed by atoms with Crippen molar-refractivity contribution in [3.63, 3.8) is 0 Å². The molecule has 1 aromatic carbocycles. The van der Waals surface area contributed by atoms with E-state index >= 15 is 0 Å². The predicted molar refractivity (Wildman–Crippen MR) is 99.4 cm³/mol. The van der Waals surface area contributed by atoms with Gasteiger partial charge in [-0.2, -0.15) is 0 Å². The lowest BCUT2D eigenvalue weighted by atomic mass is 10.1. The van der Waals surface area contributed by atoms with Crippen LogP contribution in [0.1, 0.15) is 12.0 Å². The first-order valence-corrected chi connectivity index (χ1v) is 10.1. The number of benzene rings is 1. The van der Waals surface area contributed by atoms with E-state index in [0.717, 1.165) is 0 Å². The van der Waals surface area contributed by atoms with Gasteiger partial charge in [-0.05, 0) is 30.7 Å². The van der Waals surface area contributed by atoms with Crippen LogP contribution in [0.15, 0.2) is 24.3 Å². The maximum atomic E-state index is 12.1. The molecule has 0 spiro atoms. The predicted octanol–water partition coefficient (Wildman–Crippen LogP) is 0.906. The van der Waals surface area contributed by atoms with E-state index < -0.39 is 28.3 Å². The zero-order chi connectivity index (χ0) is 20.0. The second kappa shape index (κ2) is 8.90. The molecule has 1 aromatic rings. The van der Waals surface area contributed by atoms with Gasteiger partial charge in [-0.15, -0.1) is 0 Å². The summed E-state index contributed by atoms with van der Waals surface area (Å²) >= 11 is 0. The lowest BCUT2D eigenvalue weighted by Crippen LogP contribution is -2.40. The molecule has 27 heavy (non-hydrogen) atoms. The first-order chi connectivity index (χ1) is 12.8. The fraction of sp³-hybridized carbons (Fsp3) is 0.444. The Morgan fingerprint density at radius 2 is 2.00 bits per heavy atom. The molecule has 0 bridgehead atoms. The SMILES string of the molecule is COc1ccc(OC)c(/C=C/C(=O)OCC(=O)N(C)[C@@H]2CCS(=O)(=O)C2)c1. The van der Waals surface area contributed by atoms with Gasteiger partial charge < -0.3 is 19.1 Å². The molecule has 1 heterocycles. The van der Waals surface area contributed by atoms with Crippen LogP contribution in [0, 0.1) is 0 Å². The van der Waals surface area contributed by atoms with Crippen LogP contribution in [-0.2, 0) is 24.2 Å². The van der Waals surface area contributed by atoms with Gasteiger partial charge in [-0.3, -0.25) is 4.79 Å². The number of rotatable bonds is 7. The Morgan fingerprint density at radius 1 is 1.26 bits per heavy atom. The minimum absolute atomic E-state index is 0.0568. The van der Waals surface area contributed by atoms with E-state index in [0.29, 0.717) is 23.5 Å². The standard InChI is InChI=1S/C18H23NO7S/c1-19(14-8-9-27(22,23)12-14)17(20)11-26-18(21)7-4-13-10-15(24-2)5-6-16(13)25-3/h4-7,10,14H,8-9,11-12H2,1-3H3/b7-4+/t14-/m1/s1. The van der Waals surface area contributed by atoms with E-state index in [1.807, 2.05) is 0 Å². The second-order valence-electron chi connectivity index (χ2n) is 6.11. The van der Waals surface area contributed by atoms with Crippen molar-refractivity contribution in [1.29, 1.82) is 0 Å². The molecule has 0 unspecified atom stereocenters. The molecule has 1 aliphatic rings. The van der Waals surface area contributed by atoms with Crippen molar-refractivity contribution in [2.75, 3.05) is 39.4 Å². The number of nitrogens with zero attached hydrogens (tertiary/aromatic N) is 1. The van der Waals surface area contributed by atoms with Crippen molar-refractivity contribution in [3.05, 3.63) is 29.8 Å². The lowest BCUT2D eigenvalue weighted by molar-refractivity contribution is -0.148. The average Bonchev–Trinajstić information content (AvgIpc) is 3.03. The fourth-order valence-electron chi connectivity index (χ4n) is 2.69. The van der Waals surface area contributed by atoms with Crippen LogP contribution in [0.5, 0.6) is 11.5 Å². The Kier molecular flexibility index (Phi) is 6.84. The molecule has 1 fully saturated rings. The summed E-state index contributed by atoms with van der Waals surface area (Å²) in [7, 11) is 1.46. The Labute approximate surface area is 158 Å². The number of esters is 1. The summed E-state index contributed by atoms with van der Waals surface area (Å²) < 4.78 is 38.3. The highest BCUT2D eigenvalue weighted by atomic mass is 32.2. The van der Waals surface area contributed by atoms with E-state index in [2.05, 4.69) is 0 Å². The van der Waals surface area contributed by atoms with Gasteiger partial charge in [0.1, 0.15) is 11.5 Å². The normalized spacial score (nSPS) is 18.3. The molecule has 0 aromatic heterocycles. The van der Waals surface area contributed by atoms with Crippen molar-refractivity contribution < 1.29 is 32.2 Å². The zero-order valence-corrected chi connectivity index (χ0v) is 16.3. The minimum Gasteiger partial charge on any atom is -0.497 e. The Hall–Kier alpha value is -2.55. The third kappa shape index (κ3) is 5.72. The summed E-state index contributed by atoms with van der Waals surface area (Å²) in [5.41, 5.74) is 0.619. The molecule has 9 heteroatoms. The summed E-state index contributed by atoms with van der Waals surface area (Å²) in [4.78, 5) is 25.3. The largest absolute Gasteiger partial charge is 0.497 e. The Balaban J connectivity index is 1.90. The van der Waals surface area contributed by atoms with Gasteiger partial charge >= 0.3 is 5.97 Å². The maximum absolute atomic E-state index is 12.1. The van der Waals surface area contributed by atoms with Crippen LogP contribution in [0.25, 0.3) is 6.08 Å². The van der Waals surface area contributed by atoms with Gasteiger partial charge in [-0.25, -0.2) is 13.2 Å². The molecule has 0 aliphatic carbocycles. The molecular weight excluding hydrogens is 374 g/mol. The topological polar surface area (TPSA) is 99.2 Å². The van der Waals surface area contributed by atoms with Crippen molar-refractivity contribution in [3.8, 4) is 11.5 Å². The highest BCUT2D eigenvalue weighted by Crippen LogP contribution is 2.25. The number of hydrogen-bond donors (Lipinski definition) is 0. The summed E-state index contributed by atoms with van der Waals surface area (Å²) in [6, 6.07) is 4.75. The number of sulfone groups is 1. The lowest BCUT2D eigenvalue weighted by Gasteiger charge is -2.22. The van der Waals surface area contributed by atoms with Crippen LogP contribution in [0.3, 0.4) is 0 Å². The maximum Gasteiger partial charge on any atom is 0.331 e. The molecular formula is C18H23NO7S. The van der Waals surface area contributed by atoms with Gasteiger partial charge in [0.05, 0.1) is 25.7 Å². The molecule has 0 N–H and O–H groups in total. The van der Waals surface area contributed by atoms with Gasteiger partial charge in [0.15, 0.2) is 16.4 Å². The first kappa shape index (κ1) is 20.8. The van der Waals surface area contributed by atoms with Crippen LogP contribution in [0.2, 0.25) is 0 Å². The second-order valence-corrected chi connectivity index (χ2v) is 8.34. The average molecular weight is 397 g/mol. The molecule has 1 atom stereocenters. The smallest absolute Gasteiger partial charge is 0.331 e. The molecule has 1 amide bonds. The number of hydrogen-bond acceptors (Lipinski definition) is 7. The number of carbonyl (C=O) groups is 2. The van der Waals surface area contributed by atoms with Gasteiger partial charge in [0, 0.05) is 24.7 Å². The van der Waals surface area contributed by atoms with E-state index in [-0.39, 0.29) is 17.5 Å². The van der Waals surface area contributed by atoms with Crippen molar-refractivity contribution in [2.24, 2.45) is 0 Å². The van der Waals surface area contributed by atoms with Crippen LogP contribution >= 0.6 is 0 Å². The van der Waals surface area contributed by atoms with Gasteiger partial charge in [0.2, 0.25) is 0 Å². The first-order valence-electron chi connectivity index (χ1n) is 8.28. The zero-order valence-electron chi connectivity index (χ0n) is 15.5. The highest BCUT2D eigenvalue weighted by Gasteiger charge is 2.32. The quantitative estimate of drug-likeness (QED) is 0.498. The summed E-state index contributed by atoms with van der Waals surface area (Å²) in [6.07, 6.45) is 3.08. The molecule has 0 radical (unpaired) electrons.